The minimum Gasteiger partial charge on any atom is -0.450 e. The molecule has 35 heavy (non-hydrogen) atoms. The van der Waals surface area contributed by atoms with Crippen LogP contribution in [0, 0.1) is 30.3 Å². The molecule has 0 bridgehead atoms. The van der Waals surface area contributed by atoms with Crippen LogP contribution in [0.1, 0.15) is 11.1 Å². The second-order valence-corrected chi connectivity index (χ2v) is 6.98. The van der Waals surface area contributed by atoms with E-state index in [9.17, 15) is 35.1 Å². The Morgan fingerprint density at radius 1 is 0.829 bits per heavy atom. The van der Waals surface area contributed by atoms with Gasteiger partial charge in [0, 0.05) is 23.8 Å². The van der Waals surface area contributed by atoms with Crippen molar-refractivity contribution in [2.24, 2.45) is 4.99 Å². The van der Waals surface area contributed by atoms with Gasteiger partial charge in [-0.15, -0.1) is 0 Å². The van der Waals surface area contributed by atoms with Gasteiger partial charge in [-0.2, -0.15) is 0 Å². The van der Waals surface area contributed by atoms with Crippen molar-refractivity contribution in [3.63, 3.8) is 0 Å². The van der Waals surface area contributed by atoms with Crippen LogP contribution in [0.5, 0.6) is 11.5 Å². The number of rotatable bonds is 7. The quantitative estimate of drug-likeness (QED) is 0.205. The van der Waals surface area contributed by atoms with Gasteiger partial charge < -0.3 is 9.47 Å². The number of carbonyl (C=O) groups excluding carboxylic acids is 1. The van der Waals surface area contributed by atoms with Gasteiger partial charge in [-0.1, -0.05) is 18.2 Å². The molecule has 1 aliphatic heterocycles. The number of nitro groups is 3. The molecule has 0 N–H and O–H groups in total. The van der Waals surface area contributed by atoms with Gasteiger partial charge in [0.1, 0.15) is 5.75 Å². The van der Waals surface area contributed by atoms with Crippen LogP contribution < -0.4 is 4.74 Å². The molecule has 3 aromatic carbocycles. The van der Waals surface area contributed by atoms with Gasteiger partial charge in [0.25, 0.3) is 11.4 Å². The average molecular weight is 476 g/mol. The van der Waals surface area contributed by atoms with E-state index < -0.39 is 32.1 Å². The zero-order chi connectivity index (χ0) is 25.1. The molecule has 13 nitrogen and oxygen atoms in total. The Kier molecular flexibility index (Phi) is 5.96. The molecule has 0 spiro atoms. The lowest BCUT2D eigenvalue weighted by molar-refractivity contribution is -0.394. The maximum Gasteiger partial charge on any atom is 0.363 e. The largest absolute Gasteiger partial charge is 0.450 e. The van der Waals surface area contributed by atoms with Gasteiger partial charge in [0.05, 0.1) is 20.8 Å². The van der Waals surface area contributed by atoms with Crippen molar-refractivity contribution in [1.82, 2.24) is 0 Å². The van der Waals surface area contributed by atoms with Gasteiger partial charge in [-0.3, -0.25) is 30.3 Å². The molecule has 13 heteroatoms. The number of benzene rings is 3. The van der Waals surface area contributed by atoms with Crippen molar-refractivity contribution in [3.8, 4) is 11.5 Å². The van der Waals surface area contributed by atoms with Gasteiger partial charge in [0.2, 0.25) is 11.6 Å². The first-order chi connectivity index (χ1) is 16.7. The average Bonchev–Trinajstić information content (AvgIpc) is 3.19. The number of aliphatic imine (C=N–C) groups is 1. The standard InChI is InChI=1S/C22H12N4O9/c27-22-18(23-21(35-22)14-4-2-5-15(11-14)24(28)29)10-13-3-1-6-17(9-13)34-20-8-7-16(25(30)31)12-19(20)26(32)33/h1-12H/b18-10-. The van der Waals surface area contributed by atoms with Gasteiger partial charge >= 0.3 is 11.7 Å². The minimum absolute atomic E-state index is 0.0787. The predicted molar refractivity (Wildman–Crippen MR) is 120 cm³/mol. The molecule has 0 atom stereocenters. The molecule has 0 aromatic heterocycles. The molecule has 0 unspecified atom stereocenters. The zero-order valence-electron chi connectivity index (χ0n) is 17.4. The van der Waals surface area contributed by atoms with Crippen LogP contribution in [0.2, 0.25) is 0 Å². The molecular formula is C22H12N4O9. The third-order valence-electron chi connectivity index (χ3n) is 4.66. The number of non-ortho nitro benzene ring substituents is 2. The summed E-state index contributed by atoms with van der Waals surface area (Å²) in [5, 5.41) is 33.2. The van der Waals surface area contributed by atoms with E-state index in [1.807, 2.05) is 0 Å². The van der Waals surface area contributed by atoms with Crippen LogP contribution in [-0.2, 0) is 9.53 Å². The molecule has 0 aliphatic carbocycles. The van der Waals surface area contributed by atoms with Gasteiger partial charge in [-0.05, 0) is 35.9 Å². The maximum absolute atomic E-state index is 12.3. The van der Waals surface area contributed by atoms with E-state index in [-0.39, 0.29) is 34.3 Å². The highest BCUT2D eigenvalue weighted by Crippen LogP contribution is 2.35. The molecule has 3 aromatic rings. The molecule has 0 saturated heterocycles. The Balaban J connectivity index is 1.61. The van der Waals surface area contributed by atoms with Crippen molar-refractivity contribution >= 4 is 35.0 Å². The number of esters is 1. The van der Waals surface area contributed by atoms with E-state index in [2.05, 4.69) is 4.99 Å². The Morgan fingerprint density at radius 3 is 2.26 bits per heavy atom. The second kappa shape index (κ2) is 9.19. The Labute approximate surface area is 195 Å². The summed E-state index contributed by atoms with van der Waals surface area (Å²) >= 11 is 0. The highest BCUT2D eigenvalue weighted by Gasteiger charge is 2.25. The summed E-state index contributed by atoms with van der Waals surface area (Å²) < 4.78 is 10.7. The van der Waals surface area contributed by atoms with Gasteiger partial charge in [-0.25, -0.2) is 9.79 Å². The maximum atomic E-state index is 12.3. The number of cyclic esters (lactones) is 1. The number of hydrogen-bond donors (Lipinski definition) is 0. The Bertz CT molecular complexity index is 1460. The molecule has 1 aliphatic rings. The second-order valence-electron chi connectivity index (χ2n) is 6.98. The number of carbonyl (C=O) groups is 1. The van der Waals surface area contributed by atoms with Crippen molar-refractivity contribution in [1.29, 1.82) is 0 Å². The lowest BCUT2D eigenvalue weighted by Crippen LogP contribution is -2.05. The molecule has 0 fully saturated rings. The number of nitro benzene ring substituents is 3. The lowest BCUT2D eigenvalue weighted by Gasteiger charge is -2.07. The lowest BCUT2D eigenvalue weighted by atomic mass is 10.2. The minimum atomic E-state index is -0.799. The van der Waals surface area contributed by atoms with E-state index in [1.165, 1.54) is 42.5 Å². The summed E-state index contributed by atoms with van der Waals surface area (Å²) in [5.41, 5.74) is -0.636. The Hall–Kier alpha value is -5.46. The molecule has 0 amide bonds. The number of hydrogen-bond acceptors (Lipinski definition) is 10. The van der Waals surface area contributed by atoms with E-state index in [0.29, 0.717) is 5.56 Å². The Morgan fingerprint density at radius 2 is 1.54 bits per heavy atom. The monoisotopic (exact) mass is 476 g/mol. The summed E-state index contributed by atoms with van der Waals surface area (Å²) in [7, 11) is 0. The van der Waals surface area contributed by atoms with E-state index in [0.717, 1.165) is 18.2 Å². The third-order valence-corrected chi connectivity index (χ3v) is 4.66. The topological polar surface area (TPSA) is 177 Å². The summed E-state index contributed by atoms with van der Waals surface area (Å²) in [6.45, 7) is 0. The van der Waals surface area contributed by atoms with Crippen molar-refractivity contribution < 1.29 is 29.0 Å². The summed E-state index contributed by atoms with van der Waals surface area (Å²) in [6.07, 6.45) is 1.38. The number of ether oxygens (including phenoxy) is 2. The third kappa shape index (κ3) is 4.98. The van der Waals surface area contributed by atoms with E-state index in [4.69, 9.17) is 9.47 Å². The summed E-state index contributed by atoms with van der Waals surface area (Å²) in [5.74, 6) is -0.926. The van der Waals surface area contributed by atoms with E-state index >= 15 is 0 Å². The van der Waals surface area contributed by atoms with Crippen LogP contribution in [0.15, 0.2) is 77.4 Å². The zero-order valence-corrected chi connectivity index (χ0v) is 17.4. The predicted octanol–water partition coefficient (Wildman–Crippen LogP) is 4.55. The SMILES string of the molecule is O=C1OC(c2cccc([N+](=O)[O-])c2)=N/C1=C\c1cccc(Oc2ccc([N+](=O)[O-])cc2[N+](=O)[O-])c1. The van der Waals surface area contributed by atoms with Crippen LogP contribution in [0.4, 0.5) is 17.1 Å². The van der Waals surface area contributed by atoms with Crippen molar-refractivity contribution in [3.05, 3.63) is 114 Å². The fourth-order valence-electron chi connectivity index (χ4n) is 3.09. The van der Waals surface area contributed by atoms with Crippen LogP contribution in [-0.4, -0.2) is 26.6 Å². The molecule has 1 heterocycles. The van der Waals surface area contributed by atoms with Crippen LogP contribution >= 0.6 is 0 Å². The fourth-order valence-corrected chi connectivity index (χ4v) is 3.09. The summed E-state index contributed by atoms with van der Waals surface area (Å²) in [6, 6.07) is 14.6. The summed E-state index contributed by atoms with van der Waals surface area (Å²) in [4.78, 5) is 47.4. The first-order valence-electron chi connectivity index (χ1n) is 9.69. The van der Waals surface area contributed by atoms with Crippen molar-refractivity contribution in [2.75, 3.05) is 0 Å². The smallest absolute Gasteiger partial charge is 0.363 e. The first kappa shape index (κ1) is 22.7. The molecule has 174 valence electrons. The highest BCUT2D eigenvalue weighted by atomic mass is 16.6. The van der Waals surface area contributed by atoms with Gasteiger partial charge in [0.15, 0.2) is 5.70 Å². The molecular weight excluding hydrogens is 464 g/mol. The van der Waals surface area contributed by atoms with Crippen LogP contribution in [0.25, 0.3) is 6.08 Å². The van der Waals surface area contributed by atoms with Crippen LogP contribution in [0.3, 0.4) is 0 Å². The first-order valence-corrected chi connectivity index (χ1v) is 9.69. The normalized spacial score (nSPS) is 13.8. The molecule has 0 saturated carbocycles. The number of nitrogens with zero attached hydrogens (tertiary/aromatic N) is 4. The molecule has 4 rings (SSSR count). The molecule has 0 radical (unpaired) electrons. The van der Waals surface area contributed by atoms with Crippen molar-refractivity contribution in [2.45, 2.75) is 0 Å². The van der Waals surface area contributed by atoms with E-state index in [1.54, 1.807) is 12.1 Å². The fraction of sp³-hybridized carbons (Fsp3) is 0. The highest BCUT2D eigenvalue weighted by molar-refractivity contribution is 6.13.